The van der Waals surface area contributed by atoms with Crippen LogP contribution in [0.1, 0.15) is 59.0 Å². The highest BCUT2D eigenvalue weighted by Crippen LogP contribution is 2.31. The predicted octanol–water partition coefficient (Wildman–Crippen LogP) is 9.82. The van der Waals surface area contributed by atoms with Gasteiger partial charge in [0, 0.05) is 35.1 Å². The van der Waals surface area contributed by atoms with Crippen molar-refractivity contribution in [2.45, 2.75) is 53.4 Å². The zero-order valence-corrected chi connectivity index (χ0v) is 40.0. The zero-order chi connectivity index (χ0) is 49.3. The molecule has 0 spiro atoms. The fourth-order valence-corrected chi connectivity index (χ4v) is 6.52. The van der Waals surface area contributed by atoms with Crippen molar-refractivity contribution in [3.8, 4) is 45.8 Å². The highest BCUT2D eigenvalue weighted by atomic mass is 16.6. The van der Waals surface area contributed by atoms with Crippen molar-refractivity contribution in [2.75, 3.05) is 42.7 Å². The summed E-state index contributed by atoms with van der Waals surface area (Å²) in [5.74, 6) is 2.91. The van der Waals surface area contributed by atoms with Crippen molar-refractivity contribution in [3.63, 3.8) is 0 Å². The Bertz CT molecular complexity index is 2610. The first-order valence-corrected chi connectivity index (χ1v) is 21.2. The molecule has 0 saturated carbocycles. The smallest absolute Gasteiger partial charge is 0.377 e. The van der Waals surface area contributed by atoms with Crippen molar-refractivity contribution in [3.05, 3.63) is 155 Å². The number of benzene rings is 4. The van der Waals surface area contributed by atoms with Crippen LogP contribution in [0, 0.1) is 13.8 Å². The van der Waals surface area contributed by atoms with Gasteiger partial charge in [-0.25, -0.2) is 9.59 Å². The average molecular weight is 929 g/mol. The van der Waals surface area contributed by atoms with Crippen LogP contribution in [0.25, 0.3) is 33.9 Å². The van der Waals surface area contributed by atoms with Crippen LogP contribution in [0.2, 0.25) is 0 Å². The predicted molar refractivity (Wildman–Crippen MR) is 255 cm³/mol. The van der Waals surface area contributed by atoms with Gasteiger partial charge in [0.05, 0.1) is 42.7 Å². The van der Waals surface area contributed by atoms with E-state index in [0.29, 0.717) is 58.9 Å². The third-order valence-electron chi connectivity index (χ3n) is 10.2. The molecule has 0 amide bonds. The molecule has 0 N–H and O–H groups in total. The lowest BCUT2D eigenvalue weighted by molar-refractivity contribution is -0.139. The minimum absolute atomic E-state index is 0.0762. The normalized spacial score (nSPS) is 11.1. The van der Waals surface area contributed by atoms with E-state index in [-0.39, 0.29) is 11.5 Å². The second-order valence-corrected chi connectivity index (χ2v) is 15.2. The molecule has 2 aromatic heterocycles. The van der Waals surface area contributed by atoms with Crippen molar-refractivity contribution in [1.82, 2.24) is 20.3 Å². The van der Waals surface area contributed by atoms with Gasteiger partial charge in [-0.05, 0) is 110 Å². The number of nitrogens with zero attached hydrogens (tertiary/aromatic N) is 4. The van der Waals surface area contributed by atoms with E-state index in [1.807, 2.05) is 76.2 Å². The molecule has 0 aliphatic carbocycles. The van der Waals surface area contributed by atoms with Crippen LogP contribution in [0.15, 0.2) is 119 Å². The van der Waals surface area contributed by atoms with Crippen LogP contribution in [0.5, 0.6) is 23.0 Å². The number of ether oxygens (including phenoxy) is 8. The molecule has 16 nitrogen and oxygen atoms in total. The molecule has 0 radical (unpaired) electrons. The van der Waals surface area contributed by atoms with E-state index >= 15 is 0 Å². The highest BCUT2D eigenvalue weighted by molar-refractivity contribution is 5.87. The molecule has 0 unspecified atom stereocenters. The number of allylic oxidation sites excluding steroid dienone is 2. The number of methoxy groups -OCH3 is 6. The SMILES string of the molecule is C=C(C)c1cc(CCc2nc(-c3ccc(C)c(O/C(=C\OC)C(=O)OC)c3)no2)ccc1OC.C=C(C)c1cc(CCc2nc(-c3ccc(C)c(O/C(=C\OC)C(=O)OC)c3)no2)ccc1OC. The summed E-state index contributed by atoms with van der Waals surface area (Å²) in [5, 5.41) is 8.21. The molecule has 2 heterocycles. The van der Waals surface area contributed by atoms with Crippen LogP contribution in [0.4, 0.5) is 0 Å². The molecule has 0 aliphatic heterocycles. The molecule has 0 aliphatic rings. The van der Waals surface area contributed by atoms with E-state index in [1.165, 1.54) is 41.0 Å². The van der Waals surface area contributed by atoms with Gasteiger partial charge in [0.2, 0.25) is 34.9 Å². The summed E-state index contributed by atoms with van der Waals surface area (Å²) in [5.41, 5.74) is 9.06. The fraction of sp³-hybridized carbons (Fsp3) is 0.269. The van der Waals surface area contributed by atoms with Gasteiger partial charge in [0.15, 0.2) is 0 Å². The van der Waals surface area contributed by atoms with Crippen LogP contribution < -0.4 is 18.9 Å². The first-order chi connectivity index (χ1) is 32.7. The zero-order valence-electron chi connectivity index (χ0n) is 40.0. The third kappa shape index (κ3) is 13.5. The van der Waals surface area contributed by atoms with Crippen molar-refractivity contribution < 1.29 is 56.5 Å². The lowest BCUT2D eigenvalue weighted by Crippen LogP contribution is -2.11. The molecule has 16 heteroatoms. The van der Waals surface area contributed by atoms with E-state index in [4.69, 9.17) is 46.9 Å². The summed E-state index contributed by atoms with van der Waals surface area (Å²) in [6, 6.07) is 22.9. The summed E-state index contributed by atoms with van der Waals surface area (Å²) in [7, 11) is 8.67. The summed E-state index contributed by atoms with van der Waals surface area (Å²) >= 11 is 0. The Morgan fingerprint density at radius 2 is 0.941 bits per heavy atom. The Labute approximate surface area is 395 Å². The largest absolute Gasteiger partial charge is 0.500 e. The van der Waals surface area contributed by atoms with E-state index in [1.54, 1.807) is 26.4 Å². The maximum atomic E-state index is 11.9. The lowest BCUT2D eigenvalue weighted by atomic mass is 10.0. The Balaban J connectivity index is 0.000000254. The van der Waals surface area contributed by atoms with Crippen LogP contribution >= 0.6 is 0 Å². The van der Waals surface area contributed by atoms with Crippen molar-refractivity contribution in [2.24, 2.45) is 0 Å². The molecule has 6 rings (SSSR count). The number of aryl methyl sites for hydroxylation is 6. The molecule has 68 heavy (non-hydrogen) atoms. The lowest BCUT2D eigenvalue weighted by Gasteiger charge is -2.11. The third-order valence-corrected chi connectivity index (χ3v) is 10.2. The summed E-state index contributed by atoms with van der Waals surface area (Å²) in [6.07, 6.45) is 4.96. The van der Waals surface area contributed by atoms with Gasteiger partial charge in [0.1, 0.15) is 35.5 Å². The van der Waals surface area contributed by atoms with E-state index < -0.39 is 11.9 Å². The molecule has 0 saturated heterocycles. The molecular formula is C52H56N4O12. The summed E-state index contributed by atoms with van der Waals surface area (Å²) < 4.78 is 52.5. The Morgan fingerprint density at radius 3 is 1.28 bits per heavy atom. The van der Waals surface area contributed by atoms with Gasteiger partial charge in [-0.1, -0.05) is 59.9 Å². The minimum atomic E-state index is -0.651. The van der Waals surface area contributed by atoms with E-state index in [0.717, 1.165) is 68.9 Å². The molecular weight excluding hydrogens is 873 g/mol. The standard InChI is InChI=1S/2C26H28N2O6/c2*1-16(2)20-13-18(8-11-21(20)31-5)9-12-24-27-25(28-34-24)19-10-7-17(3)22(14-19)33-23(15-30-4)26(29)32-6/h2*7-8,10-11,13-15H,1,9,12H2,2-6H3/b2*23-15-. The highest BCUT2D eigenvalue weighted by Gasteiger charge is 2.19. The Kier molecular flexibility index (Phi) is 18.2. The van der Waals surface area contributed by atoms with Crippen molar-refractivity contribution in [1.29, 1.82) is 0 Å². The molecule has 0 bridgehead atoms. The van der Waals surface area contributed by atoms with Gasteiger partial charge in [-0.3, -0.25) is 0 Å². The number of rotatable bonds is 20. The Hall–Kier alpha value is -8.14. The first-order valence-electron chi connectivity index (χ1n) is 21.2. The number of hydrogen-bond acceptors (Lipinski definition) is 16. The second kappa shape index (κ2) is 24.4. The summed E-state index contributed by atoms with van der Waals surface area (Å²) in [4.78, 5) is 32.9. The quantitative estimate of drug-likeness (QED) is 0.0400. The van der Waals surface area contributed by atoms with Crippen LogP contribution in [0.3, 0.4) is 0 Å². The maximum absolute atomic E-state index is 11.9. The average Bonchev–Trinajstić information content (AvgIpc) is 4.04. The number of esters is 2. The second-order valence-electron chi connectivity index (χ2n) is 15.2. The molecule has 4 aromatic carbocycles. The number of carbonyl (C=O) groups is 2. The first kappa shape index (κ1) is 50.9. The van der Waals surface area contributed by atoms with Gasteiger partial charge in [-0.15, -0.1) is 0 Å². The molecule has 0 fully saturated rings. The number of carbonyl (C=O) groups excluding carboxylic acids is 2. The van der Waals surface area contributed by atoms with Gasteiger partial charge in [0.25, 0.3) is 0 Å². The van der Waals surface area contributed by atoms with E-state index in [9.17, 15) is 9.59 Å². The Morgan fingerprint density at radius 1 is 0.544 bits per heavy atom. The molecule has 356 valence electrons. The topological polar surface area (TPSA) is 186 Å². The minimum Gasteiger partial charge on any atom is -0.500 e. The van der Waals surface area contributed by atoms with Gasteiger partial charge < -0.3 is 46.9 Å². The molecule has 6 aromatic rings. The van der Waals surface area contributed by atoms with Crippen LogP contribution in [-0.2, 0) is 54.2 Å². The van der Waals surface area contributed by atoms with Gasteiger partial charge >= 0.3 is 11.9 Å². The number of hydrogen-bond donors (Lipinski definition) is 0. The fourth-order valence-electron chi connectivity index (χ4n) is 6.52. The molecule has 0 atom stereocenters. The monoisotopic (exact) mass is 928 g/mol. The van der Waals surface area contributed by atoms with E-state index in [2.05, 4.69) is 45.6 Å². The van der Waals surface area contributed by atoms with Gasteiger partial charge in [-0.2, -0.15) is 9.97 Å². The summed E-state index contributed by atoms with van der Waals surface area (Å²) in [6.45, 7) is 15.7. The van der Waals surface area contributed by atoms with Crippen LogP contribution in [-0.4, -0.2) is 74.9 Å². The number of aromatic nitrogens is 4. The maximum Gasteiger partial charge on any atom is 0.377 e. The van der Waals surface area contributed by atoms with Crippen molar-refractivity contribution >= 4 is 23.1 Å².